The molecule has 0 saturated heterocycles. The first-order chi connectivity index (χ1) is 12.8. The van der Waals surface area contributed by atoms with Crippen molar-refractivity contribution >= 4 is 28.6 Å². The quantitative estimate of drug-likeness (QED) is 0.469. The Labute approximate surface area is 156 Å². The molecule has 0 unspecified atom stereocenters. The topological polar surface area (TPSA) is 91.0 Å². The molecule has 0 radical (unpaired) electrons. The summed E-state index contributed by atoms with van der Waals surface area (Å²) in [7, 11) is 0. The fraction of sp³-hybridized carbons (Fsp3) is 0.118. The van der Waals surface area contributed by atoms with Crippen molar-refractivity contribution in [1.29, 1.82) is 0 Å². The van der Waals surface area contributed by atoms with Crippen LogP contribution in [-0.2, 0) is 22.6 Å². The molecule has 4 aromatic rings. The molecule has 4 heterocycles. The summed E-state index contributed by atoms with van der Waals surface area (Å²) in [5.74, 6) is 0.346. The summed E-state index contributed by atoms with van der Waals surface area (Å²) < 4.78 is 10.3. The highest BCUT2D eigenvalue weighted by Gasteiger charge is 2.14. The average molecular weight is 384 g/mol. The van der Waals surface area contributed by atoms with Crippen molar-refractivity contribution in [3.63, 3.8) is 0 Å². The second-order valence-electron chi connectivity index (χ2n) is 5.19. The summed E-state index contributed by atoms with van der Waals surface area (Å²) in [6, 6.07) is 9.42. The highest BCUT2D eigenvalue weighted by Crippen LogP contribution is 2.22. The molecule has 0 aliphatic rings. The lowest BCUT2D eigenvalue weighted by Crippen LogP contribution is -2.08. The smallest absolute Gasteiger partial charge is 0.312 e. The largest absolute Gasteiger partial charge is 0.455 e. The summed E-state index contributed by atoms with van der Waals surface area (Å²) >= 11 is 2.95. The monoisotopic (exact) mass is 384 g/mol. The number of esters is 1. The van der Waals surface area contributed by atoms with Crippen LogP contribution in [0.4, 0.5) is 0 Å². The van der Waals surface area contributed by atoms with Crippen LogP contribution in [0.25, 0.3) is 21.4 Å². The lowest BCUT2D eigenvalue weighted by atomic mass is 10.3. The Hall–Kier alpha value is -2.91. The van der Waals surface area contributed by atoms with Crippen LogP contribution in [0, 0.1) is 0 Å². The third kappa shape index (κ3) is 3.84. The summed E-state index contributed by atoms with van der Waals surface area (Å²) in [5.41, 5.74) is 1.43. The number of hydrogen-bond acceptors (Lipinski definition) is 9. The summed E-state index contributed by atoms with van der Waals surface area (Å²) in [6.07, 6.45) is 1.79. The van der Waals surface area contributed by atoms with Crippen LogP contribution < -0.4 is 0 Å². The molecule has 0 aromatic carbocycles. The highest BCUT2D eigenvalue weighted by molar-refractivity contribution is 7.13. The van der Waals surface area contributed by atoms with Gasteiger partial charge >= 0.3 is 5.97 Å². The highest BCUT2D eigenvalue weighted by atomic mass is 32.1. The maximum atomic E-state index is 12.0. The van der Waals surface area contributed by atoms with Crippen LogP contribution in [0.15, 0.2) is 51.8 Å². The molecule has 0 saturated carbocycles. The summed E-state index contributed by atoms with van der Waals surface area (Å²) in [5, 5.41) is 8.40. The van der Waals surface area contributed by atoms with Gasteiger partial charge in [0.25, 0.3) is 5.89 Å². The van der Waals surface area contributed by atoms with Crippen LogP contribution in [-0.4, -0.2) is 26.1 Å². The van der Waals surface area contributed by atoms with Crippen LogP contribution in [0.2, 0.25) is 0 Å². The number of nitrogens with zero attached hydrogens (tertiary/aromatic N) is 4. The van der Waals surface area contributed by atoms with Gasteiger partial charge in [-0.15, -0.1) is 22.7 Å². The predicted octanol–water partition coefficient (Wildman–Crippen LogP) is 3.60. The number of carbonyl (C=O) groups is 1. The minimum Gasteiger partial charge on any atom is -0.455 e. The van der Waals surface area contributed by atoms with Gasteiger partial charge in [-0.2, -0.15) is 4.98 Å². The molecule has 0 aliphatic carbocycles. The SMILES string of the molecule is O=C(Cc1csc(-c2ccccn2)n1)OCc1nc(-c2cccs2)no1. The fourth-order valence-electron chi connectivity index (χ4n) is 2.16. The average Bonchev–Trinajstić information content (AvgIpc) is 3.41. The Morgan fingerprint density at radius 2 is 2.12 bits per heavy atom. The minimum atomic E-state index is -0.404. The van der Waals surface area contributed by atoms with Crippen LogP contribution in [0.3, 0.4) is 0 Å². The molecule has 0 spiro atoms. The molecule has 0 atom stereocenters. The van der Waals surface area contributed by atoms with Gasteiger partial charge in [-0.05, 0) is 23.6 Å². The molecule has 0 aliphatic heterocycles. The molecule has 9 heteroatoms. The van der Waals surface area contributed by atoms with E-state index in [4.69, 9.17) is 9.26 Å². The zero-order chi connectivity index (χ0) is 17.8. The molecule has 0 N–H and O–H groups in total. The van der Waals surface area contributed by atoms with Gasteiger partial charge in [0.1, 0.15) is 5.01 Å². The van der Waals surface area contributed by atoms with Gasteiger partial charge in [-0.25, -0.2) is 4.98 Å². The van der Waals surface area contributed by atoms with E-state index in [0.717, 1.165) is 15.6 Å². The van der Waals surface area contributed by atoms with Crippen molar-refractivity contribution in [2.24, 2.45) is 0 Å². The van der Waals surface area contributed by atoms with E-state index in [1.807, 2.05) is 41.1 Å². The number of carbonyl (C=O) groups excluding carboxylic acids is 1. The number of aromatic nitrogens is 4. The van der Waals surface area contributed by atoms with E-state index in [0.29, 0.717) is 11.5 Å². The zero-order valence-corrected chi connectivity index (χ0v) is 15.0. The fourth-order valence-corrected chi connectivity index (χ4v) is 3.60. The molecule has 26 heavy (non-hydrogen) atoms. The van der Waals surface area contributed by atoms with Crippen LogP contribution >= 0.6 is 22.7 Å². The maximum Gasteiger partial charge on any atom is 0.312 e. The molecule has 4 aromatic heterocycles. The first-order valence-corrected chi connectivity index (χ1v) is 9.42. The Morgan fingerprint density at radius 3 is 2.92 bits per heavy atom. The summed E-state index contributed by atoms with van der Waals surface area (Å²) in [6.45, 7) is -0.0611. The van der Waals surface area contributed by atoms with Gasteiger partial charge < -0.3 is 9.26 Å². The van der Waals surface area contributed by atoms with Crippen LogP contribution in [0.5, 0.6) is 0 Å². The number of ether oxygens (including phenoxy) is 1. The zero-order valence-electron chi connectivity index (χ0n) is 13.4. The second-order valence-corrected chi connectivity index (χ2v) is 6.99. The molecule has 4 rings (SSSR count). The Morgan fingerprint density at radius 1 is 1.15 bits per heavy atom. The molecule has 0 fully saturated rings. The van der Waals surface area contributed by atoms with Crippen molar-refractivity contribution in [1.82, 2.24) is 20.1 Å². The minimum absolute atomic E-state index is 0.0611. The third-order valence-electron chi connectivity index (χ3n) is 3.33. The Kier molecular flexibility index (Phi) is 4.80. The number of thiazole rings is 1. The van der Waals surface area contributed by atoms with Gasteiger partial charge in [0, 0.05) is 11.6 Å². The van der Waals surface area contributed by atoms with E-state index in [1.165, 1.54) is 22.7 Å². The molecule has 7 nitrogen and oxygen atoms in total. The summed E-state index contributed by atoms with van der Waals surface area (Å²) in [4.78, 5) is 25.8. The van der Waals surface area contributed by atoms with Gasteiger partial charge in [0.2, 0.25) is 5.82 Å². The van der Waals surface area contributed by atoms with Crippen molar-refractivity contribution in [2.45, 2.75) is 13.0 Å². The van der Waals surface area contributed by atoms with Crippen molar-refractivity contribution in [3.05, 3.63) is 58.9 Å². The van der Waals surface area contributed by atoms with Crippen molar-refractivity contribution in [3.8, 4) is 21.4 Å². The molecular weight excluding hydrogens is 372 g/mol. The lowest BCUT2D eigenvalue weighted by Gasteiger charge is -1.99. The Bertz CT molecular complexity index is 996. The van der Waals surface area contributed by atoms with Gasteiger partial charge in [0.15, 0.2) is 6.61 Å². The first kappa shape index (κ1) is 16.6. The van der Waals surface area contributed by atoms with Gasteiger partial charge in [-0.1, -0.05) is 17.3 Å². The van der Waals surface area contributed by atoms with E-state index in [9.17, 15) is 4.79 Å². The number of thiophene rings is 1. The van der Waals surface area contributed by atoms with E-state index in [-0.39, 0.29) is 18.9 Å². The number of hydrogen-bond donors (Lipinski definition) is 0. The second kappa shape index (κ2) is 7.54. The molecule has 0 amide bonds. The van der Waals surface area contributed by atoms with Gasteiger partial charge in [-0.3, -0.25) is 9.78 Å². The molecular formula is C17H12N4O3S2. The normalized spacial score (nSPS) is 10.8. The lowest BCUT2D eigenvalue weighted by molar-refractivity contribution is -0.144. The predicted molar refractivity (Wildman–Crippen MR) is 96.5 cm³/mol. The van der Waals surface area contributed by atoms with Crippen molar-refractivity contribution < 1.29 is 14.1 Å². The number of rotatable bonds is 6. The van der Waals surface area contributed by atoms with E-state index in [1.54, 1.807) is 6.20 Å². The standard InChI is InChI=1S/C17H12N4O3S2/c22-15(8-11-10-26-17(19-11)12-4-1-2-6-18-12)23-9-14-20-16(21-24-14)13-5-3-7-25-13/h1-7,10H,8-9H2. The molecule has 0 bridgehead atoms. The van der Waals surface area contributed by atoms with Gasteiger partial charge in [0.05, 0.1) is 22.7 Å². The maximum absolute atomic E-state index is 12.0. The van der Waals surface area contributed by atoms with Crippen LogP contribution in [0.1, 0.15) is 11.6 Å². The first-order valence-electron chi connectivity index (χ1n) is 7.66. The Balaban J connectivity index is 1.33. The van der Waals surface area contributed by atoms with E-state index < -0.39 is 5.97 Å². The van der Waals surface area contributed by atoms with E-state index in [2.05, 4.69) is 20.1 Å². The third-order valence-corrected chi connectivity index (χ3v) is 5.11. The number of pyridine rings is 1. The van der Waals surface area contributed by atoms with Crippen molar-refractivity contribution in [2.75, 3.05) is 0 Å². The van der Waals surface area contributed by atoms with E-state index >= 15 is 0 Å². The molecule has 130 valence electrons.